The van der Waals surface area contributed by atoms with Crippen molar-refractivity contribution in [2.24, 2.45) is 0 Å². The highest BCUT2D eigenvalue weighted by molar-refractivity contribution is 6.42. The highest BCUT2D eigenvalue weighted by atomic mass is 35.5. The summed E-state index contributed by atoms with van der Waals surface area (Å²) in [6.45, 7) is -0.212. The third kappa shape index (κ3) is 5.09. The highest BCUT2D eigenvalue weighted by Crippen LogP contribution is 2.24. The third-order valence-corrected chi connectivity index (χ3v) is 4.55. The van der Waals surface area contributed by atoms with Gasteiger partial charge in [-0.15, -0.1) is 0 Å². The second-order valence-corrected chi connectivity index (χ2v) is 6.64. The Hall–Kier alpha value is -2.89. The van der Waals surface area contributed by atoms with Crippen LogP contribution in [0.3, 0.4) is 0 Å². The van der Waals surface area contributed by atoms with Gasteiger partial charge in [0.2, 0.25) is 0 Å². The van der Waals surface area contributed by atoms with Crippen LogP contribution < -0.4 is 10.1 Å². The molecule has 0 aliphatic heterocycles. The first-order chi connectivity index (χ1) is 13.4. The first-order valence-corrected chi connectivity index (χ1v) is 8.96. The normalized spacial score (nSPS) is 10.4. The maximum Gasteiger partial charge on any atom is 0.255 e. The lowest BCUT2D eigenvalue weighted by Gasteiger charge is -2.09. The summed E-state index contributed by atoms with van der Waals surface area (Å²) < 4.78 is 18.4. The molecular formula is C21H14Cl2FNO3. The molecule has 1 N–H and O–H groups in total. The molecular weight excluding hydrogens is 404 g/mol. The van der Waals surface area contributed by atoms with E-state index in [0.29, 0.717) is 27.6 Å². The molecule has 0 radical (unpaired) electrons. The van der Waals surface area contributed by atoms with Crippen molar-refractivity contribution < 1.29 is 18.7 Å². The van der Waals surface area contributed by atoms with Crippen molar-refractivity contribution in [1.29, 1.82) is 0 Å². The lowest BCUT2D eigenvalue weighted by molar-refractivity contribution is 0.0920. The molecule has 0 bridgehead atoms. The fraction of sp³-hybridized carbons (Fsp3) is 0.0476. The lowest BCUT2D eigenvalue weighted by atomic mass is 10.1. The van der Waals surface area contributed by atoms with Gasteiger partial charge >= 0.3 is 0 Å². The molecule has 3 aromatic rings. The summed E-state index contributed by atoms with van der Waals surface area (Å²) in [5, 5.41) is 3.37. The molecule has 0 unspecified atom stereocenters. The number of ketones is 1. The predicted molar refractivity (Wildman–Crippen MR) is 107 cm³/mol. The molecule has 3 rings (SSSR count). The molecule has 0 aromatic heterocycles. The first kappa shape index (κ1) is 19.9. The molecule has 4 nitrogen and oxygen atoms in total. The topological polar surface area (TPSA) is 55.4 Å². The SMILES string of the molecule is O=C(COc1cccc(NC(=O)c2ccc(Cl)c(Cl)c2)c1)c1ccc(F)cc1. The molecule has 7 heteroatoms. The molecule has 0 saturated heterocycles. The van der Waals surface area contributed by atoms with Gasteiger partial charge in [-0.1, -0.05) is 29.3 Å². The Labute approximate surface area is 170 Å². The molecule has 0 aliphatic rings. The summed E-state index contributed by atoms with van der Waals surface area (Å²) >= 11 is 11.8. The molecule has 0 saturated carbocycles. The fourth-order valence-electron chi connectivity index (χ4n) is 2.37. The van der Waals surface area contributed by atoms with Crippen molar-refractivity contribution in [3.05, 3.63) is 93.7 Å². The molecule has 0 spiro atoms. The van der Waals surface area contributed by atoms with Crippen LogP contribution in [0.4, 0.5) is 10.1 Å². The standard InChI is InChI=1S/C21H14Cl2FNO3/c22-18-9-6-14(10-19(18)23)21(27)25-16-2-1-3-17(11-16)28-12-20(26)13-4-7-15(24)8-5-13/h1-11H,12H2,(H,25,27). The van der Waals surface area contributed by atoms with Gasteiger partial charge in [0, 0.05) is 22.9 Å². The van der Waals surface area contributed by atoms with E-state index >= 15 is 0 Å². The summed E-state index contributed by atoms with van der Waals surface area (Å²) in [7, 11) is 0. The van der Waals surface area contributed by atoms with Gasteiger partial charge in [0.25, 0.3) is 5.91 Å². The van der Waals surface area contributed by atoms with Crippen LogP contribution in [0.1, 0.15) is 20.7 Å². The monoisotopic (exact) mass is 417 g/mol. The Morgan fingerprint density at radius 1 is 0.893 bits per heavy atom. The van der Waals surface area contributed by atoms with Gasteiger partial charge in [-0.2, -0.15) is 0 Å². The minimum atomic E-state index is -0.414. The molecule has 0 fully saturated rings. The van der Waals surface area contributed by atoms with E-state index in [2.05, 4.69) is 5.32 Å². The van der Waals surface area contributed by atoms with Crippen LogP contribution in [0.15, 0.2) is 66.7 Å². The van der Waals surface area contributed by atoms with E-state index in [1.165, 1.54) is 30.3 Å². The quantitative estimate of drug-likeness (QED) is 0.527. The Bertz CT molecular complexity index is 1020. The summed E-state index contributed by atoms with van der Waals surface area (Å²) in [6.07, 6.45) is 0. The van der Waals surface area contributed by atoms with Crippen molar-refractivity contribution in [2.75, 3.05) is 11.9 Å². The van der Waals surface area contributed by atoms with Gasteiger partial charge in [-0.05, 0) is 54.6 Å². The number of hydrogen-bond donors (Lipinski definition) is 1. The number of carbonyl (C=O) groups is 2. The zero-order valence-electron chi connectivity index (χ0n) is 14.4. The average molecular weight is 418 g/mol. The predicted octanol–water partition coefficient (Wildman–Crippen LogP) is 5.65. The van der Waals surface area contributed by atoms with Crippen LogP contribution in [-0.4, -0.2) is 18.3 Å². The number of benzene rings is 3. The summed E-state index contributed by atoms with van der Waals surface area (Å²) in [4.78, 5) is 24.4. The molecule has 0 atom stereocenters. The van der Waals surface area contributed by atoms with E-state index in [0.717, 1.165) is 0 Å². The largest absolute Gasteiger partial charge is 0.485 e. The number of rotatable bonds is 6. The average Bonchev–Trinajstić information content (AvgIpc) is 2.69. The van der Waals surface area contributed by atoms with Crippen molar-refractivity contribution in [2.45, 2.75) is 0 Å². The smallest absolute Gasteiger partial charge is 0.255 e. The van der Waals surface area contributed by atoms with Crippen molar-refractivity contribution in [3.8, 4) is 5.75 Å². The minimum absolute atomic E-state index is 0.212. The van der Waals surface area contributed by atoms with Crippen LogP contribution in [0.2, 0.25) is 10.0 Å². The van der Waals surface area contributed by atoms with Crippen molar-refractivity contribution in [1.82, 2.24) is 0 Å². The van der Waals surface area contributed by atoms with E-state index < -0.39 is 5.82 Å². The number of nitrogens with one attached hydrogen (secondary N) is 1. The fourth-order valence-corrected chi connectivity index (χ4v) is 2.67. The third-order valence-electron chi connectivity index (χ3n) is 3.81. The van der Waals surface area contributed by atoms with E-state index in [9.17, 15) is 14.0 Å². The molecule has 28 heavy (non-hydrogen) atoms. The van der Waals surface area contributed by atoms with Crippen LogP contribution >= 0.6 is 23.2 Å². The molecule has 142 valence electrons. The number of halogens is 3. The number of Topliss-reactive ketones (excluding diaryl/α,β-unsaturated/α-hetero) is 1. The Morgan fingerprint density at radius 2 is 1.61 bits per heavy atom. The number of ether oxygens (including phenoxy) is 1. The second-order valence-electron chi connectivity index (χ2n) is 5.83. The second kappa shape index (κ2) is 8.87. The maximum absolute atomic E-state index is 12.9. The minimum Gasteiger partial charge on any atom is -0.485 e. The van der Waals surface area contributed by atoms with Crippen molar-refractivity contribution in [3.63, 3.8) is 0 Å². The van der Waals surface area contributed by atoms with Gasteiger partial charge in [0.05, 0.1) is 10.0 Å². The molecule has 3 aromatic carbocycles. The molecule has 0 aliphatic carbocycles. The van der Waals surface area contributed by atoms with Gasteiger partial charge in [-0.3, -0.25) is 9.59 Å². The number of amides is 1. The highest BCUT2D eigenvalue weighted by Gasteiger charge is 2.10. The summed E-state index contributed by atoms with van der Waals surface area (Å²) in [5.41, 5.74) is 1.19. The van der Waals surface area contributed by atoms with Gasteiger partial charge in [0.1, 0.15) is 11.6 Å². The Kier molecular flexibility index (Phi) is 6.29. The number of carbonyl (C=O) groups excluding carboxylic acids is 2. The molecule has 1 amide bonds. The van der Waals surface area contributed by atoms with Crippen LogP contribution in [0, 0.1) is 5.82 Å². The number of anilines is 1. The Balaban J connectivity index is 1.63. The van der Waals surface area contributed by atoms with E-state index in [1.54, 1.807) is 36.4 Å². The zero-order chi connectivity index (χ0) is 20.1. The van der Waals surface area contributed by atoms with E-state index in [1.807, 2.05) is 0 Å². The summed E-state index contributed by atoms with van der Waals surface area (Å²) in [6, 6.07) is 16.4. The molecule has 0 heterocycles. The van der Waals surface area contributed by atoms with Crippen LogP contribution in [0.25, 0.3) is 0 Å². The maximum atomic E-state index is 12.9. The number of hydrogen-bond acceptors (Lipinski definition) is 3. The van der Waals surface area contributed by atoms with Gasteiger partial charge in [0.15, 0.2) is 12.4 Å². The van der Waals surface area contributed by atoms with E-state index in [4.69, 9.17) is 27.9 Å². The van der Waals surface area contributed by atoms with Crippen molar-refractivity contribution >= 4 is 40.6 Å². The van der Waals surface area contributed by atoms with Gasteiger partial charge in [-0.25, -0.2) is 4.39 Å². The zero-order valence-corrected chi connectivity index (χ0v) is 15.9. The van der Waals surface area contributed by atoms with Gasteiger partial charge < -0.3 is 10.1 Å². The van der Waals surface area contributed by atoms with E-state index in [-0.39, 0.29) is 23.3 Å². The van der Waals surface area contributed by atoms with Crippen LogP contribution in [-0.2, 0) is 0 Å². The Morgan fingerprint density at radius 3 is 2.32 bits per heavy atom. The summed E-state index contributed by atoms with van der Waals surface area (Å²) in [5.74, 6) is -0.659. The lowest BCUT2D eigenvalue weighted by Crippen LogP contribution is -2.13. The first-order valence-electron chi connectivity index (χ1n) is 8.20. The van der Waals surface area contributed by atoms with Crippen LogP contribution in [0.5, 0.6) is 5.75 Å².